The molecule has 100 valence electrons. The van der Waals surface area contributed by atoms with Crippen molar-refractivity contribution in [1.29, 1.82) is 0 Å². The first-order valence-corrected chi connectivity index (χ1v) is 5.71. The lowest BCUT2D eigenvalue weighted by molar-refractivity contribution is -0.153. The van der Waals surface area contributed by atoms with E-state index in [1.807, 2.05) is 0 Å². The Hall–Kier alpha value is -1.24. The molecule has 1 aromatic rings. The average Bonchev–Trinajstić information content (AvgIpc) is 2.25. The maximum Gasteiger partial charge on any atom is 0.422 e. The number of carbonyl (C=O) groups is 1. The van der Waals surface area contributed by atoms with Crippen LogP contribution in [0.25, 0.3) is 0 Å². The summed E-state index contributed by atoms with van der Waals surface area (Å²) in [6.45, 7) is -1.43. The SMILES string of the molecule is CN(C)C(=O)c1cc(Br)ccc1OCC(F)(F)F. The zero-order chi connectivity index (χ0) is 13.9. The molecule has 3 nitrogen and oxygen atoms in total. The molecule has 0 aliphatic rings. The number of hydrogen-bond acceptors (Lipinski definition) is 2. The molecule has 1 amide bonds. The maximum absolute atomic E-state index is 12.1. The molecule has 0 N–H and O–H groups in total. The van der Waals surface area contributed by atoms with E-state index in [1.54, 1.807) is 0 Å². The van der Waals surface area contributed by atoms with E-state index in [1.165, 1.54) is 37.2 Å². The zero-order valence-electron chi connectivity index (χ0n) is 9.71. The molecule has 0 atom stereocenters. The van der Waals surface area contributed by atoms with Crippen molar-refractivity contribution in [3.05, 3.63) is 28.2 Å². The van der Waals surface area contributed by atoms with Gasteiger partial charge in [0.2, 0.25) is 0 Å². The first-order chi connectivity index (χ1) is 8.20. The highest BCUT2D eigenvalue weighted by Crippen LogP contribution is 2.26. The fourth-order valence-corrected chi connectivity index (χ4v) is 1.56. The van der Waals surface area contributed by atoms with E-state index in [4.69, 9.17) is 0 Å². The Balaban J connectivity index is 3.00. The molecule has 0 spiro atoms. The summed E-state index contributed by atoms with van der Waals surface area (Å²) in [5.41, 5.74) is 0.0821. The highest BCUT2D eigenvalue weighted by atomic mass is 79.9. The van der Waals surface area contributed by atoms with E-state index in [9.17, 15) is 18.0 Å². The van der Waals surface area contributed by atoms with Crippen LogP contribution in [0.3, 0.4) is 0 Å². The van der Waals surface area contributed by atoms with Crippen LogP contribution in [0.15, 0.2) is 22.7 Å². The molecule has 1 aromatic carbocycles. The smallest absolute Gasteiger partial charge is 0.422 e. The van der Waals surface area contributed by atoms with Gasteiger partial charge in [0.1, 0.15) is 5.75 Å². The van der Waals surface area contributed by atoms with Gasteiger partial charge in [0, 0.05) is 18.6 Å². The fourth-order valence-electron chi connectivity index (χ4n) is 1.20. The molecule has 0 aromatic heterocycles. The third-order valence-corrected chi connectivity index (χ3v) is 2.46. The number of rotatable bonds is 3. The van der Waals surface area contributed by atoms with Crippen LogP contribution in [0.4, 0.5) is 13.2 Å². The second-order valence-corrected chi connectivity index (χ2v) is 4.66. The zero-order valence-corrected chi connectivity index (χ0v) is 11.3. The third-order valence-electron chi connectivity index (χ3n) is 1.97. The van der Waals surface area contributed by atoms with Gasteiger partial charge in [0.15, 0.2) is 6.61 Å². The van der Waals surface area contributed by atoms with Crippen LogP contribution in [0.1, 0.15) is 10.4 Å². The summed E-state index contributed by atoms with van der Waals surface area (Å²) in [5, 5.41) is 0. The van der Waals surface area contributed by atoms with Crippen LogP contribution in [-0.4, -0.2) is 37.7 Å². The van der Waals surface area contributed by atoms with Crippen molar-refractivity contribution < 1.29 is 22.7 Å². The van der Waals surface area contributed by atoms with Gasteiger partial charge < -0.3 is 9.64 Å². The molecule has 7 heteroatoms. The number of halogens is 4. The Morgan fingerprint density at radius 1 is 1.39 bits per heavy atom. The minimum absolute atomic E-state index is 0.0821. The number of nitrogens with zero attached hydrogens (tertiary/aromatic N) is 1. The largest absolute Gasteiger partial charge is 0.483 e. The van der Waals surface area contributed by atoms with Gasteiger partial charge in [-0.1, -0.05) is 15.9 Å². The molecular weight excluding hydrogens is 315 g/mol. The van der Waals surface area contributed by atoms with Gasteiger partial charge in [-0.15, -0.1) is 0 Å². The second-order valence-electron chi connectivity index (χ2n) is 3.74. The monoisotopic (exact) mass is 325 g/mol. The Morgan fingerprint density at radius 3 is 2.50 bits per heavy atom. The van der Waals surface area contributed by atoms with Gasteiger partial charge >= 0.3 is 6.18 Å². The van der Waals surface area contributed by atoms with Crippen molar-refractivity contribution in [2.24, 2.45) is 0 Å². The van der Waals surface area contributed by atoms with Gasteiger partial charge in [0.05, 0.1) is 5.56 Å². The molecule has 0 aliphatic heterocycles. The standard InChI is InChI=1S/C11H11BrF3NO2/c1-16(2)10(17)8-5-7(12)3-4-9(8)18-6-11(13,14)15/h3-5H,6H2,1-2H3. The summed E-state index contributed by atoms with van der Waals surface area (Å²) in [4.78, 5) is 13.1. The molecule has 0 bridgehead atoms. The lowest BCUT2D eigenvalue weighted by Gasteiger charge is -2.16. The summed E-state index contributed by atoms with van der Waals surface area (Å²) < 4.78 is 41.5. The van der Waals surface area contributed by atoms with Crippen molar-refractivity contribution in [2.75, 3.05) is 20.7 Å². The quantitative estimate of drug-likeness (QED) is 0.854. The van der Waals surface area contributed by atoms with Gasteiger partial charge in [-0.25, -0.2) is 0 Å². The number of alkyl halides is 3. The van der Waals surface area contributed by atoms with Crippen molar-refractivity contribution in [3.8, 4) is 5.75 Å². The molecule has 1 rings (SSSR count). The van der Waals surface area contributed by atoms with Crippen LogP contribution in [0.5, 0.6) is 5.75 Å². The van der Waals surface area contributed by atoms with Gasteiger partial charge in [-0.2, -0.15) is 13.2 Å². The molecule has 0 heterocycles. The van der Waals surface area contributed by atoms with Crippen LogP contribution < -0.4 is 4.74 Å². The Bertz CT molecular complexity index is 446. The second kappa shape index (κ2) is 5.60. The Kier molecular flexibility index (Phi) is 4.61. The van der Waals surface area contributed by atoms with Crippen LogP contribution in [-0.2, 0) is 0 Å². The van der Waals surface area contributed by atoms with E-state index in [-0.39, 0.29) is 11.3 Å². The highest BCUT2D eigenvalue weighted by molar-refractivity contribution is 9.10. The van der Waals surface area contributed by atoms with Gasteiger partial charge in [-0.05, 0) is 18.2 Å². The van der Waals surface area contributed by atoms with Gasteiger partial charge in [-0.3, -0.25) is 4.79 Å². The topological polar surface area (TPSA) is 29.5 Å². The summed E-state index contributed by atoms with van der Waals surface area (Å²) >= 11 is 3.16. The predicted molar refractivity (Wildman–Crippen MR) is 63.7 cm³/mol. The number of amides is 1. The van der Waals surface area contributed by atoms with Crippen molar-refractivity contribution in [2.45, 2.75) is 6.18 Å². The van der Waals surface area contributed by atoms with Crippen LogP contribution in [0, 0.1) is 0 Å². The molecule has 0 saturated carbocycles. The summed E-state index contributed by atoms with van der Waals surface area (Å²) in [6.07, 6.45) is -4.44. The van der Waals surface area contributed by atoms with E-state index in [2.05, 4.69) is 20.7 Å². The highest BCUT2D eigenvalue weighted by Gasteiger charge is 2.29. The first-order valence-electron chi connectivity index (χ1n) is 4.91. The summed E-state index contributed by atoms with van der Waals surface area (Å²) in [5.74, 6) is -0.511. The molecule has 0 unspecified atom stereocenters. The molecule has 0 radical (unpaired) electrons. The average molecular weight is 326 g/mol. The predicted octanol–water partition coefficient (Wildman–Crippen LogP) is 3.09. The summed E-state index contributed by atoms with van der Waals surface area (Å²) in [7, 11) is 3.02. The van der Waals surface area contributed by atoms with Crippen LogP contribution >= 0.6 is 15.9 Å². The number of benzene rings is 1. The molecule has 0 saturated heterocycles. The lowest BCUT2D eigenvalue weighted by Crippen LogP contribution is -2.24. The molecule has 0 aliphatic carbocycles. The number of ether oxygens (including phenoxy) is 1. The number of carbonyl (C=O) groups excluding carboxylic acids is 1. The molecule has 18 heavy (non-hydrogen) atoms. The van der Waals surface area contributed by atoms with E-state index >= 15 is 0 Å². The Morgan fingerprint density at radius 2 is 2.00 bits per heavy atom. The Labute approximate surface area is 111 Å². The first kappa shape index (κ1) is 14.8. The normalized spacial score (nSPS) is 11.2. The van der Waals surface area contributed by atoms with E-state index in [0.29, 0.717) is 4.47 Å². The van der Waals surface area contributed by atoms with E-state index in [0.717, 1.165) is 0 Å². The maximum atomic E-state index is 12.1. The molecular formula is C11H11BrF3NO2. The minimum atomic E-state index is -4.44. The van der Waals surface area contributed by atoms with E-state index < -0.39 is 18.7 Å². The minimum Gasteiger partial charge on any atom is -0.483 e. The molecule has 0 fully saturated rings. The van der Waals surface area contributed by atoms with Crippen LogP contribution in [0.2, 0.25) is 0 Å². The summed E-state index contributed by atoms with van der Waals surface area (Å²) in [6, 6.07) is 4.26. The number of hydrogen-bond donors (Lipinski definition) is 0. The lowest BCUT2D eigenvalue weighted by atomic mass is 10.2. The fraction of sp³-hybridized carbons (Fsp3) is 0.364. The van der Waals surface area contributed by atoms with Gasteiger partial charge in [0.25, 0.3) is 5.91 Å². The third kappa shape index (κ3) is 4.21. The van der Waals surface area contributed by atoms with Crippen molar-refractivity contribution >= 4 is 21.8 Å². The van der Waals surface area contributed by atoms with Crippen molar-refractivity contribution in [3.63, 3.8) is 0 Å². The van der Waals surface area contributed by atoms with Crippen molar-refractivity contribution in [1.82, 2.24) is 4.90 Å².